The Morgan fingerprint density at radius 2 is 1.88 bits per heavy atom. The molecule has 2 heterocycles. The van der Waals surface area contributed by atoms with Gasteiger partial charge in [0.05, 0.1) is 21.6 Å². The number of nitrogens with one attached hydrogen (secondary N) is 1. The van der Waals surface area contributed by atoms with Gasteiger partial charge in [-0.25, -0.2) is 9.37 Å². The lowest BCUT2D eigenvalue weighted by Gasteiger charge is -2.31. The van der Waals surface area contributed by atoms with Gasteiger partial charge in [-0.05, 0) is 55.4 Å². The number of fused-ring (bicyclic) bond motifs is 1. The number of carbonyl (C=O) groups excluding carboxylic acids is 2. The molecule has 0 spiro atoms. The average molecular weight is 498 g/mol. The summed E-state index contributed by atoms with van der Waals surface area (Å²) in [4.78, 5) is 32.0. The van der Waals surface area contributed by atoms with Crippen LogP contribution in [0.15, 0.2) is 47.8 Å². The summed E-state index contributed by atoms with van der Waals surface area (Å²) in [6.07, 6.45) is 4.45. The Kier molecular flexibility index (Phi) is 6.66. The Bertz CT molecular complexity index is 1200. The number of likely N-dealkylation sites (tertiary alicyclic amines) is 1. The smallest absolute Gasteiger partial charge is 0.271 e. The number of benzene rings is 2. The lowest BCUT2D eigenvalue weighted by atomic mass is 9.88. The number of amides is 2. The summed E-state index contributed by atoms with van der Waals surface area (Å²) in [7, 11) is 0. The second kappa shape index (κ2) is 9.84. The number of rotatable bonds is 4. The van der Waals surface area contributed by atoms with E-state index in [-0.39, 0.29) is 34.4 Å². The molecule has 1 aliphatic carbocycles. The molecule has 1 saturated heterocycles. The van der Waals surface area contributed by atoms with E-state index in [1.54, 1.807) is 4.90 Å². The topological polar surface area (TPSA) is 62.3 Å². The minimum atomic E-state index is -0.601. The van der Waals surface area contributed by atoms with Gasteiger partial charge in [0.15, 0.2) is 0 Å². The van der Waals surface area contributed by atoms with Crippen LogP contribution >= 0.6 is 22.9 Å². The molecule has 2 aromatic carbocycles. The zero-order valence-electron chi connectivity index (χ0n) is 18.6. The van der Waals surface area contributed by atoms with Crippen molar-refractivity contribution in [3.63, 3.8) is 0 Å². The highest BCUT2D eigenvalue weighted by molar-refractivity contribution is 7.09. The summed E-state index contributed by atoms with van der Waals surface area (Å²) in [5.74, 6) is -0.961. The summed E-state index contributed by atoms with van der Waals surface area (Å²) < 4.78 is 14.1. The van der Waals surface area contributed by atoms with Crippen LogP contribution < -0.4 is 5.32 Å². The van der Waals surface area contributed by atoms with Gasteiger partial charge >= 0.3 is 0 Å². The molecule has 0 saturated carbocycles. The molecule has 1 aliphatic heterocycles. The molecule has 0 bridgehead atoms. The Morgan fingerprint density at radius 3 is 2.68 bits per heavy atom. The summed E-state index contributed by atoms with van der Waals surface area (Å²) in [6, 6.07) is 12.6. The fourth-order valence-corrected chi connectivity index (χ4v) is 6.12. The molecule has 8 heteroatoms. The third-order valence-electron chi connectivity index (χ3n) is 6.74. The second-order valence-electron chi connectivity index (χ2n) is 8.85. The van der Waals surface area contributed by atoms with Crippen molar-refractivity contribution in [1.82, 2.24) is 15.2 Å². The maximum absolute atomic E-state index is 14.1. The molecule has 1 unspecified atom stereocenters. The Labute approximate surface area is 207 Å². The molecule has 2 aliphatic rings. The normalized spacial score (nSPS) is 18.4. The molecule has 5 rings (SSSR count). The predicted molar refractivity (Wildman–Crippen MR) is 131 cm³/mol. The van der Waals surface area contributed by atoms with Crippen LogP contribution in [0.4, 0.5) is 4.39 Å². The van der Waals surface area contributed by atoms with Crippen molar-refractivity contribution in [3.8, 4) is 0 Å². The van der Waals surface area contributed by atoms with Gasteiger partial charge in [0, 0.05) is 24.4 Å². The number of hydrogen-bond donors (Lipinski definition) is 1. The van der Waals surface area contributed by atoms with Crippen LogP contribution in [-0.4, -0.2) is 34.8 Å². The van der Waals surface area contributed by atoms with E-state index in [0.717, 1.165) is 24.3 Å². The maximum atomic E-state index is 14.1. The zero-order chi connectivity index (χ0) is 23.7. The van der Waals surface area contributed by atoms with E-state index in [4.69, 9.17) is 11.6 Å². The molecule has 5 nitrogen and oxygen atoms in total. The lowest BCUT2D eigenvalue weighted by molar-refractivity contribution is 0.0708. The number of halogens is 2. The van der Waals surface area contributed by atoms with Crippen molar-refractivity contribution >= 4 is 34.8 Å². The highest BCUT2D eigenvalue weighted by Crippen LogP contribution is 2.33. The quantitative estimate of drug-likeness (QED) is 0.498. The van der Waals surface area contributed by atoms with Crippen molar-refractivity contribution in [1.29, 1.82) is 0 Å². The van der Waals surface area contributed by atoms with Crippen LogP contribution in [0.5, 0.6) is 0 Å². The largest absolute Gasteiger partial charge is 0.344 e. The minimum absolute atomic E-state index is 0.0158. The highest BCUT2D eigenvalue weighted by atomic mass is 35.5. The molecule has 2 amide bonds. The predicted octanol–water partition coefficient (Wildman–Crippen LogP) is 5.76. The maximum Gasteiger partial charge on any atom is 0.271 e. The lowest BCUT2D eigenvalue weighted by Crippen LogP contribution is -2.38. The fourth-order valence-electron chi connectivity index (χ4n) is 4.91. The molecule has 3 aromatic rings. The van der Waals surface area contributed by atoms with Gasteiger partial charge < -0.3 is 10.2 Å². The van der Waals surface area contributed by atoms with E-state index in [9.17, 15) is 14.0 Å². The van der Waals surface area contributed by atoms with Gasteiger partial charge in [0.1, 0.15) is 11.5 Å². The van der Waals surface area contributed by atoms with E-state index in [0.29, 0.717) is 31.6 Å². The second-order valence-corrected chi connectivity index (χ2v) is 10.1. The first-order valence-corrected chi connectivity index (χ1v) is 12.8. The monoisotopic (exact) mass is 497 g/mol. The van der Waals surface area contributed by atoms with Gasteiger partial charge in [0.25, 0.3) is 11.8 Å². The van der Waals surface area contributed by atoms with Crippen LogP contribution in [0.2, 0.25) is 5.02 Å². The minimum Gasteiger partial charge on any atom is -0.344 e. The van der Waals surface area contributed by atoms with Gasteiger partial charge in [-0.2, -0.15) is 0 Å². The Balaban J connectivity index is 1.21. The number of piperidine rings is 1. The van der Waals surface area contributed by atoms with E-state index in [1.165, 1.54) is 40.7 Å². The molecule has 1 fully saturated rings. The average Bonchev–Trinajstić information content (AvgIpc) is 3.35. The molecule has 1 atom stereocenters. The van der Waals surface area contributed by atoms with E-state index >= 15 is 0 Å². The van der Waals surface area contributed by atoms with E-state index in [1.807, 2.05) is 17.5 Å². The molecule has 1 aromatic heterocycles. The fraction of sp³-hybridized carbons (Fsp3) is 0.346. The third-order valence-corrected chi connectivity index (χ3v) is 8.06. The van der Waals surface area contributed by atoms with Crippen LogP contribution in [0.3, 0.4) is 0 Å². The van der Waals surface area contributed by atoms with Crippen LogP contribution in [0.1, 0.15) is 74.6 Å². The molecular formula is C26H25ClFN3O2S. The number of aryl methyl sites for hydroxylation is 1. The zero-order valence-corrected chi connectivity index (χ0v) is 20.2. The van der Waals surface area contributed by atoms with Gasteiger partial charge in [-0.3, -0.25) is 9.59 Å². The van der Waals surface area contributed by atoms with E-state index in [2.05, 4.69) is 22.4 Å². The summed E-state index contributed by atoms with van der Waals surface area (Å²) in [5, 5.41) is 6.01. The Morgan fingerprint density at radius 1 is 1.09 bits per heavy atom. The van der Waals surface area contributed by atoms with Crippen molar-refractivity contribution in [2.75, 3.05) is 13.1 Å². The Hall–Kier alpha value is -2.77. The highest BCUT2D eigenvalue weighted by Gasteiger charge is 2.29. The van der Waals surface area contributed by atoms with Crippen LogP contribution in [0.25, 0.3) is 0 Å². The first-order chi connectivity index (χ1) is 16.5. The van der Waals surface area contributed by atoms with Crippen molar-refractivity contribution in [2.24, 2.45) is 0 Å². The SMILES string of the molecule is O=C(NC1CCCc2ccccc21)c1csc(C2CCN(C(=O)c3c(F)cccc3Cl)CC2)n1. The number of aromatic nitrogens is 1. The standard InChI is InChI=1S/C26H25ClFN3O2S/c27-19-8-4-9-20(28)23(19)26(33)31-13-11-17(12-14-31)25-30-22(15-34-25)24(32)29-21-10-3-6-16-5-1-2-7-18(16)21/h1-2,4-5,7-9,15,17,21H,3,6,10-14H2,(H,29,32). The molecule has 176 valence electrons. The summed E-state index contributed by atoms with van der Waals surface area (Å²) >= 11 is 7.55. The molecule has 1 N–H and O–H groups in total. The number of carbonyl (C=O) groups is 2. The number of nitrogens with zero attached hydrogens (tertiary/aromatic N) is 2. The third kappa shape index (κ3) is 4.59. The van der Waals surface area contributed by atoms with Gasteiger partial charge in [-0.15, -0.1) is 11.3 Å². The van der Waals surface area contributed by atoms with Gasteiger partial charge in [0.2, 0.25) is 0 Å². The number of hydrogen-bond acceptors (Lipinski definition) is 4. The summed E-state index contributed by atoms with van der Waals surface area (Å²) in [5.41, 5.74) is 2.88. The van der Waals surface area contributed by atoms with E-state index < -0.39 is 5.82 Å². The van der Waals surface area contributed by atoms with Crippen molar-refractivity contribution < 1.29 is 14.0 Å². The first-order valence-electron chi connectivity index (χ1n) is 11.6. The van der Waals surface area contributed by atoms with Crippen molar-refractivity contribution in [2.45, 2.75) is 44.1 Å². The van der Waals surface area contributed by atoms with Crippen LogP contribution in [0, 0.1) is 5.82 Å². The number of thiazole rings is 1. The molecule has 0 radical (unpaired) electrons. The summed E-state index contributed by atoms with van der Waals surface area (Å²) in [6.45, 7) is 0.988. The van der Waals surface area contributed by atoms with Crippen LogP contribution in [-0.2, 0) is 6.42 Å². The van der Waals surface area contributed by atoms with Crippen molar-refractivity contribution in [3.05, 3.63) is 86.1 Å². The first kappa shape index (κ1) is 23.0. The molecular weight excluding hydrogens is 473 g/mol. The van der Waals surface area contributed by atoms with Gasteiger partial charge in [-0.1, -0.05) is 41.9 Å². The molecule has 34 heavy (non-hydrogen) atoms.